The molecule has 3 aliphatic rings. The first-order valence-corrected chi connectivity index (χ1v) is 12.7. The van der Waals surface area contributed by atoms with E-state index in [4.69, 9.17) is 16.3 Å². The molecule has 0 spiro atoms. The lowest BCUT2D eigenvalue weighted by atomic mass is 10.0. The van der Waals surface area contributed by atoms with Crippen molar-refractivity contribution >= 4 is 35.2 Å². The van der Waals surface area contributed by atoms with Crippen molar-refractivity contribution in [3.8, 4) is 5.75 Å². The van der Waals surface area contributed by atoms with E-state index in [0.29, 0.717) is 48.0 Å². The number of imide groups is 1. The molecule has 0 aliphatic carbocycles. The standard InChI is InChI=1S/C27H28ClN3O5/c1-16-12-17(5-8-22(16)28)26(34)30-11-3-2-4-19(30)15-36-20-6-7-21-18(13-20)14-31(27(21)35)23-9-10-24(32)29-25(23)33/h5-8,12-13,19,23H,2-4,9-11,14-15H2,1H3,(H,29,32,33)/t19-,23?/m0/s1. The smallest absolute Gasteiger partial charge is 0.255 e. The molecule has 3 heterocycles. The van der Waals surface area contributed by atoms with Crippen LogP contribution in [-0.2, 0) is 16.1 Å². The average molecular weight is 510 g/mol. The zero-order valence-electron chi connectivity index (χ0n) is 20.1. The predicted molar refractivity (Wildman–Crippen MR) is 133 cm³/mol. The predicted octanol–water partition coefficient (Wildman–Crippen LogP) is 3.48. The van der Waals surface area contributed by atoms with Crippen molar-refractivity contribution < 1.29 is 23.9 Å². The quantitative estimate of drug-likeness (QED) is 0.622. The average Bonchev–Trinajstić information content (AvgIpc) is 3.19. The van der Waals surface area contributed by atoms with Gasteiger partial charge in [0.25, 0.3) is 11.8 Å². The molecule has 0 saturated carbocycles. The van der Waals surface area contributed by atoms with Crippen LogP contribution in [0.5, 0.6) is 5.75 Å². The Labute approximate surface area is 214 Å². The largest absolute Gasteiger partial charge is 0.491 e. The molecule has 2 fully saturated rings. The number of ether oxygens (including phenoxy) is 1. The number of nitrogens with one attached hydrogen (secondary N) is 1. The van der Waals surface area contributed by atoms with E-state index in [1.807, 2.05) is 24.0 Å². The summed E-state index contributed by atoms with van der Waals surface area (Å²) in [6.07, 6.45) is 3.37. The number of likely N-dealkylation sites (tertiary alicyclic amines) is 1. The zero-order valence-corrected chi connectivity index (χ0v) is 20.8. The van der Waals surface area contributed by atoms with Gasteiger partial charge in [-0.15, -0.1) is 0 Å². The molecule has 0 bridgehead atoms. The molecule has 0 aromatic heterocycles. The first kappa shape index (κ1) is 24.3. The molecular weight excluding hydrogens is 482 g/mol. The van der Waals surface area contributed by atoms with E-state index in [-0.39, 0.29) is 30.2 Å². The Bertz CT molecular complexity index is 1250. The summed E-state index contributed by atoms with van der Waals surface area (Å²) in [7, 11) is 0. The van der Waals surface area contributed by atoms with Gasteiger partial charge in [-0.25, -0.2) is 0 Å². The fraction of sp³-hybridized carbons (Fsp3) is 0.407. The van der Waals surface area contributed by atoms with Crippen LogP contribution in [0.3, 0.4) is 0 Å². The first-order valence-electron chi connectivity index (χ1n) is 12.3. The second-order valence-electron chi connectivity index (χ2n) is 9.64. The van der Waals surface area contributed by atoms with Gasteiger partial charge in [-0.05, 0) is 80.1 Å². The number of amides is 4. The van der Waals surface area contributed by atoms with Gasteiger partial charge >= 0.3 is 0 Å². The molecule has 2 atom stereocenters. The lowest BCUT2D eigenvalue weighted by molar-refractivity contribution is -0.136. The number of hydrogen-bond donors (Lipinski definition) is 1. The number of hydrogen-bond acceptors (Lipinski definition) is 5. The molecule has 36 heavy (non-hydrogen) atoms. The van der Waals surface area contributed by atoms with Gasteiger partial charge in [0.05, 0.1) is 6.04 Å². The number of piperidine rings is 2. The third-order valence-corrected chi connectivity index (χ3v) is 7.65. The van der Waals surface area contributed by atoms with E-state index in [9.17, 15) is 19.2 Å². The Morgan fingerprint density at radius 2 is 1.94 bits per heavy atom. The molecule has 3 aliphatic heterocycles. The zero-order chi connectivity index (χ0) is 25.4. The number of aryl methyl sites for hydroxylation is 1. The molecule has 2 aromatic carbocycles. The molecular formula is C27H28ClN3O5. The highest BCUT2D eigenvalue weighted by Gasteiger charge is 2.39. The lowest BCUT2D eigenvalue weighted by Gasteiger charge is -2.35. The fourth-order valence-electron chi connectivity index (χ4n) is 5.22. The third kappa shape index (κ3) is 4.69. The van der Waals surface area contributed by atoms with E-state index in [1.165, 1.54) is 4.90 Å². The van der Waals surface area contributed by atoms with E-state index < -0.39 is 11.9 Å². The minimum absolute atomic E-state index is 0.0255. The topological polar surface area (TPSA) is 96.0 Å². The second kappa shape index (κ2) is 9.93. The summed E-state index contributed by atoms with van der Waals surface area (Å²) in [6, 6.07) is 9.93. The van der Waals surface area contributed by atoms with Crippen molar-refractivity contribution in [1.82, 2.24) is 15.1 Å². The molecule has 8 nitrogen and oxygen atoms in total. The molecule has 188 valence electrons. The highest BCUT2D eigenvalue weighted by atomic mass is 35.5. The Morgan fingerprint density at radius 3 is 2.72 bits per heavy atom. The SMILES string of the molecule is Cc1cc(C(=O)N2CCCC[C@H]2COc2ccc3c(c2)CN(C2CCC(=O)NC2=O)C3=O)ccc1Cl. The number of nitrogens with zero attached hydrogens (tertiary/aromatic N) is 2. The number of benzene rings is 2. The minimum atomic E-state index is -0.648. The molecule has 2 saturated heterocycles. The van der Waals surface area contributed by atoms with Crippen LogP contribution in [0, 0.1) is 6.92 Å². The summed E-state index contributed by atoms with van der Waals surface area (Å²) in [5.74, 6) is -0.359. The Kier molecular flexibility index (Phi) is 6.71. The maximum Gasteiger partial charge on any atom is 0.255 e. The first-order chi connectivity index (χ1) is 17.3. The number of fused-ring (bicyclic) bond motifs is 1. The van der Waals surface area contributed by atoms with E-state index in [2.05, 4.69) is 5.32 Å². The van der Waals surface area contributed by atoms with Gasteiger partial charge in [0, 0.05) is 35.7 Å². The van der Waals surface area contributed by atoms with Crippen LogP contribution in [0.4, 0.5) is 0 Å². The van der Waals surface area contributed by atoms with Crippen molar-refractivity contribution in [2.45, 2.75) is 57.7 Å². The number of rotatable bonds is 5. The van der Waals surface area contributed by atoms with Gasteiger partial charge in [-0.2, -0.15) is 0 Å². The van der Waals surface area contributed by atoms with Gasteiger partial charge in [0.15, 0.2) is 0 Å². The van der Waals surface area contributed by atoms with Crippen LogP contribution in [0.1, 0.15) is 63.9 Å². The summed E-state index contributed by atoms with van der Waals surface area (Å²) in [5, 5.41) is 2.95. The van der Waals surface area contributed by atoms with Crippen molar-refractivity contribution in [2.24, 2.45) is 0 Å². The van der Waals surface area contributed by atoms with E-state index >= 15 is 0 Å². The van der Waals surface area contributed by atoms with Crippen LogP contribution < -0.4 is 10.1 Å². The van der Waals surface area contributed by atoms with Crippen LogP contribution in [0.2, 0.25) is 5.02 Å². The summed E-state index contributed by atoms with van der Waals surface area (Å²) in [5.41, 5.74) is 2.81. The van der Waals surface area contributed by atoms with E-state index in [1.54, 1.807) is 24.3 Å². The van der Waals surface area contributed by atoms with Gasteiger partial charge < -0.3 is 14.5 Å². The highest BCUT2D eigenvalue weighted by Crippen LogP contribution is 2.31. The molecule has 1 N–H and O–H groups in total. The fourth-order valence-corrected chi connectivity index (χ4v) is 5.34. The van der Waals surface area contributed by atoms with E-state index in [0.717, 1.165) is 30.4 Å². The molecule has 9 heteroatoms. The van der Waals surface area contributed by atoms with Crippen molar-refractivity contribution in [1.29, 1.82) is 0 Å². The van der Waals surface area contributed by atoms with Gasteiger partial charge in [-0.1, -0.05) is 11.6 Å². The van der Waals surface area contributed by atoms with Crippen molar-refractivity contribution in [2.75, 3.05) is 13.2 Å². The number of carbonyl (C=O) groups is 4. The molecule has 2 aromatic rings. The van der Waals surface area contributed by atoms with Crippen molar-refractivity contribution in [3.05, 3.63) is 63.7 Å². The minimum Gasteiger partial charge on any atom is -0.491 e. The third-order valence-electron chi connectivity index (χ3n) is 7.23. The highest BCUT2D eigenvalue weighted by molar-refractivity contribution is 6.31. The van der Waals surface area contributed by atoms with Gasteiger partial charge in [0.1, 0.15) is 18.4 Å². The normalized spacial score (nSPS) is 21.9. The molecule has 4 amide bonds. The second-order valence-corrected chi connectivity index (χ2v) is 10.0. The van der Waals surface area contributed by atoms with Gasteiger partial charge in [-0.3, -0.25) is 24.5 Å². The number of halogens is 1. The molecule has 1 unspecified atom stereocenters. The summed E-state index contributed by atoms with van der Waals surface area (Å²) in [4.78, 5) is 53.3. The van der Waals surface area contributed by atoms with Crippen molar-refractivity contribution in [3.63, 3.8) is 0 Å². The van der Waals surface area contributed by atoms with Crippen LogP contribution in [0.25, 0.3) is 0 Å². The molecule has 0 radical (unpaired) electrons. The lowest BCUT2D eigenvalue weighted by Crippen LogP contribution is -2.52. The summed E-state index contributed by atoms with van der Waals surface area (Å²) < 4.78 is 6.11. The van der Waals surface area contributed by atoms with Crippen LogP contribution >= 0.6 is 11.6 Å². The summed E-state index contributed by atoms with van der Waals surface area (Å²) in [6.45, 7) is 3.20. The Hall–Kier alpha value is -3.39. The van der Waals surface area contributed by atoms with Gasteiger partial charge in [0.2, 0.25) is 11.8 Å². The number of carbonyl (C=O) groups excluding carboxylic acids is 4. The maximum atomic E-state index is 13.2. The van der Waals surface area contributed by atoms with Crippen LogP contribution in [-0.4, -0.2) is 58.7 Å². The monoisotopic (exact) mass is 509 g/mol. The summed E-state index contributed by atoms with van der Waals surface area (Å²) >= 11 is 6.13. The maximum absolute atomic E-state index is 13.2. The van der Waals surface area contributed by atoms with Crippen LogP contribution in [0.15, 0.2) is 36.4 Å². The molecule has 5 rings (SSSR count). The Morgan fingerprint density at radius 1 is 1.11 bits per heavy atom. The Balaban J connectivity index is 1.26.